The summed E-state index contributed by atoms with van der Waals surface area (Å²) < 4.78 is 16.1. The largest absolute Gasteiger partial charge is 0.444 e. The highest BCUT2D eigenvalue weighted by Gasteiger charge is 2.22. The molecule has 4 rings (SSSR count). The molecule has 0 fully saturated rings. The number of esters is 1. The number of aliphatic imine (C=N–C) groups is 1. The maximum atomic E-state index is 13.3. The van der Waals surface area contributed by atoms with Crippen LogP contribution in [0.2, 0.25) is 10.0 Å². The maximum Gasteiger partial charge on any atom is 0.414 e. The number of carbonyl (C=O) groups excluding carboxylic acids is 6. The highest BCUT2D eigenvalue weighted by atomic mass is 35.5. The van der Waals surface area contributed by atoms with Crippen molar-refractivity contribution < 1.29 is 43.0 Å². The molecule has 2 N–H and O–H groups in total. The van der Waals surface area contributed by atoms with Crippen molar-refractivity contribution in [2.24, 2.45) is 10.9 Å². The number of amides is 2. The van der Waals surface area contributed by atoms with Crippen molar-refractivity contribution in [3.63, 3.8) is 0 Å². The van der Waals surface area contributed by atoms with E-state index in [0.29, 0.717) is 27.7 Å². The van der Waals surface area contributed by atoms with Crippen LogP contribution in [0.1, 0.15) is 75.0 Å². The molecule has 0 saturated carbocycles. The minimum Gasteiger partial charge on any atom is -0.444 e. The van der Waals surface area contributed by atoms with Crippen molar-refractivity contribution >= 4 is 64.9 Å². The number of halogens is 2. The number of rotatable bonds is 11. The third kappa shape index (κ3) is 17.7. The molecular weight excluding hydrogens is 773 g/mol. The molecule has 0 aliphatic carbocycles. The van der Waals surface area contributed by atoms with Crippen LogP contribution in [0.5, 0.6) is 5.75 Å². The van der Waals surface area contributed by atoms with Gasteiger partial charge >= 0.3 is 24.3 Å². The Morgan fingerprint density at radius 3 is 1.75 bits per heavy atom. The maximum absolute atomic E-state index is 13.3. The summed E-state index contributed by atoms with van der Waals surface area (Å²) in [5.74, 6) is -0.569. The molecule has 0 unspecified atom stereocenters. The Kier molecular flexibility index (Phi) is 17.2. The summed E-state index contributed by atoms with van der Waals surface area (Å²) in [6, 6.07) is 28.5. The van der Waals surface area contributed by atoms with E-state index < -0.39 is 29.4 Å². The number of nitrogens with one attached hydrogen (secondary N) is 2. The molecule has 0 aliphatic rings. The second-order valence-electron chi connectivity index (χ2n) is 14.8. The Balaban J connectivity index is 0.00000281. The molecule has 0 spiro atoms. The number of ether oxygens (including phenoxy) is 3. The first-order valence-corrected chi connectivity index (χ1v) is 18.6. The molecule has 4 aromatic rings. The van der Waals surface area contributed by atoms with E-state index in [2.05, 4.69) is 27.8 Å². The number of Topliss-reactive ketones (excluding diaryl/α,β-unsaturated/α-hetero) is 1. The SMILES string of the molecule is CC(C)(C)OC(=O)NC(=Nc1ccc(C(=O)Oc2ccc(CC(=O)C[C@H](Cc3ccccc3)Cc3ccc(Cl)cc3)c(Cl)c2)cc1)NC(=O)OC(C)(C)C.O=C=O. The molecule has 12 nitrogen and oxygen atoms in total. The van der Waals surface area contributed by atoms with Gasteiger partial charge in [0.1, 0.15) is 22.7 Å². The molecule has 0 aromatic heterocycles. The van der Waals surface area contributed by atoms with Crippen molar-refractivity contribution in [2.45, 2.75) is 78.4 Å². The first-order valence-electron chi connectivity index (χ1n) is 17.8. The minimum absolute atomic E-state index is 0.0463. The lowest BCUT2D eigenvalue weighted by molar-refractivity contribution is -0.191. The summed E-state index contributed by atoms with van der Waals surface area (Å²) >= 11 is 12.7. The zero-order chi connectivity index (χ0) is 42.2. The molecule has 0 radical (unpaired) electrons. The van der Waals surface area contributed by atoms with E-state index in [-0.39, 0.29) is 41.5 Å². The van der Waals surface area contributed by atoms with Crippen LogP contribution >= 0.6 is 23.2 Å². The molecule has 0 aliphatic heterocycles. The summed E-state index contributed by atoms with van der Waals surface area (Å²) in [5, 5.41) is 5.78. The predicted molar refractivity (Wildman–Crippen MR) is 216 cm³/mol. The molecule has 0 heterocycles. The lowest BCUT2D eigenvalue weighted by atomic mass is 9.87. The van der Waals surface area contributed by atoms with Crippen molar-refractivity contribution in [2.75, 3.05) is 0 Å². The molecule has 300 valence electrons. The normalized spacial score (nSPS) is 11.4. The standard InChI is InChI=1S/C42H45Cl2N3O7.CO2/c1-41(2,3)53-39(50)46-38(47-40(51)54-42(4,5)6)45-33-19-14-30(15-20-33)37(49)52-35-21-16-31(36(44)26-35)25-34(48)24-29(22-27-10-8-7-9-11-27)23-28-12-17-32(43)18-13-28;2-1-3/h7-21,26,29H,22-25H2,1-6H3,(H2,45,46,47,50,51);/t29-;/m1./s1. The fourth-order valence-corrected chi connectivity index (χ4v) is 5.68. The highest BCUT2D eigenvalue weighted by Crippen LogP contribution is 2.27. The molecule has 0 bridgehead atoms. The molecular formula is C43H45Cl2N3O9. The average molecular weight is 819 g/mol. The number of ketones is 1. The molecule has 4 aromatic carbocycles. The quantitative estimate of drug-likeness (QED) is 0.0649. The third-order valence-corrected chi connectivity index (χ3v) is 8.13. The number of alkyl carbamates (subject to hydrolysis) is 2. The number of nitrogens with zero attached hydrogens (tertiary/aromatic N) is 1. The molecule has 57 heavy (non-hydrogen) atoms. The summed E-state index contributed by atoms with van der Waals surface area (Å²) in [5.41, 5.74) is 1.80. The van der Waals surface area contributed by atoms with E-state index in [4.69, 9.17) is 47.0 Å². The minimum atomic E-state index is -0.840. The highest BCUT2D eigenvalue weighted by molar-refractivity contribution is 6.31. The molecule has 14 heteroatoms. The van der Waals surface area contributed by atoms with Crippen LogP contribution in [0, 0.1) is 5.92 Å². The van der Waals surface area contributed by atoms with Gasteiger partial charge in [0.15, 0.2) is 0 Å². The summed E-state index contributed by atoms with van der Waals surface area (Å²) in [6.07, 6.45) is 0.536. The van der Waals surface area contributed by atoms with Gasteiger partial charge in [-0.1, -0.05) is 71.7 Å². The first-order chi connectivity index (χ1) is 26.8. The second-order valence-corrected chi connectivity index (χ2v) is 15.6. The zero-order valence-electron chi connectivity index (χ0n) is 32.5. The van der Waals surface area contributed by atoms with Crippen LogP contribution in [0.4, 0.5) is 15.3 Å². The van der Waals surface area contributed by atoms with E-state index in [9.17, 15) is 19.2 Å². The van der Waals surface area contributed by atoms with Crippen LogP contribution < -0.4 is 15.4 Å². The fraction of sp³-hybridized carbons (Fsp3) is 0.302. The summed E-state index contributed by atoms with van der Waals surface area (Å²) in [4.78, 5) is 71.7. The first kappa shape index (κ1) is 45.6. The van der Waals surface area contributed by atoms with Crippen molar-refractivity contribution in [3.8, 4) is 5.75 Å². The van der Waals surface area contributed by atoms with Crippen LogP contribution in [-0.4, -0.2) is 47.3 Å². The Morgan fingerprint density at radius 1 is 0.719 bits per heavy atom. The Labute approximate surface area is 341 Å². The van der Waals surface area contributed by atoms with Gasteiger partial charge in [0.2, 0.25) is 5.96 Å². The predicted octanol–water partition coefficient (Wildman–Crippen LogP) is 9.27. The Morgan fingerprint density at radius 2 is 1.25 bits per heavy atom. The van der Waals surface area contributed by atoms with E-state index >= 15 is 0 Å². The smallest absolute Gasteiger partial charge is 0.414 e. The van der Waals surface area contributed by atoms with Crippen LogP contribution in [0.3, 0.4) is 0 Å². The van der Waals surface area contributed by atoms with Gasteiger partial charge < -0.3 is 14.2 Å². The van der Waals surface area contributed by atoms with Crippen LogP contribution in [0.15, 0.2) is 102 Å². The summed E-state index contributed by atoms with van der Waals surface area (Å²) in [7, 11) is 0. The van der Waals surface area contributed by atoms with Gasteiger partial charge in [-0.3, -0.25) is 15.4 Å². The molecule has 0 saturated heterocycles. The van der Waals surface area contributed by atoms with Gasteiger partial charge in [-0.25, -0.2) is 19.4 Å². The lowest BCUT2D eigenvalue weighted by Gasteiger charge is -2.22. The number of benzene rings is 4. The van der Waals surface area contributed by atoms with E-state index in [1.165, 1.54) is 30.3 Å². The van der Waals surface area contributed by atoms with Crippen LogP contribution in [-0.2, 0) is 43.1 Å². The van der Waals surface area contributed by atoms with Crippen molar-refractivity contribution in [1.29, 1.82) is 0 Å². The van der Waals surface area contributed by atoms with Crippen LogP contribution in [0.25, 0.3) is 0 Å². The van der Waals surface area contributed by atoms with Gasteiger partial charge in [0.25, 0.3) is 0 Å². The Bertz CT molecular complexity index is 2020. The second kappa shape index (κ2) is 21.5. The van der Waals surface area contributed by atoms with E-state index in [0.717, 1.165) is 24.0 Å². The monoisotopic (exact) mass is 817 g/mol. The summed E-state index contributed by atoms with van der Waals surface area (Å²) in [6.45, 7) is 10.2. The molecule has 2 amide bonds. The van der Waals surface area contributed by atoms with Gasteiger partial charge in [-0.05, 0) is 126 Å². The Hall–Kier alpha value is -5.81. The van der Waals surface area contributed by atoms with Gasteiger partial charge in [0.05, 0.1) is 11.3 Å². The van der Waals surface area contributed by atoms with E-state index in [1.807, 2.05) is 42.5 Å². The molecule has 1 atom stereocenters. The van der Waals surface area contributed by atoms with Crippen molar-refractivity contribution in [1.82, 2.24) is 10.6 Å². The average Bonchev–Trinajstić information content (AvgIpc) is 3.10. The third-order valence-electron chi connectivity index (χ3n) is 7.53. The number of carbonyl (C=O) groups is 4. The van der Waals surface area contributed by atoms with Gasteiger partial charge in [-0.15, -0.1) is 0 Å². The number of hydrogen-bond acceptors (Lipinski definition) is 10. The van der Waals surface area contributed by atoms with Gasteiger partial charge in [0, 0.05) is 22.9 Å². The number of guanidine groups is 1. The fourth-order valence-electron chi connectivity index (χ4n) is 5.31. The number of hydrogen-bond donors (Lipinski definition) is 2. The zero-order valence-corrected chi connectivity index (χ0v) is 34.0. The topological polar surface area (TPSA) is 167 Å². The van der Waals surface area contributed by atoms with Crippen molar-refractivity contribution in [3.05, 3.63) is 129 Å². The van der Waals surface area contributed by atoms with Gasteiger partial charge in [-0.2, -0.15) is 9.59 Å². The van der Waals surface area contributed by atoms with E-state index in [1.54, 1.807) is 53.7 Å². The lowest BCUT2D eigenvalue weighted by Crippen LogP contribution is -2.47.